The first-order valence-corrected chi connectivity index (χ1v) is 15.6. The fraction of sp³-hybridized carbons (Fsp3) is 0.613. The molecule has 17 heteroatoms. The second-order valence-electron chi connectivity index (χ2n) is 10.5. The highest BCUT2D eigenvalue weighted by Gasteiger charge is 2.33. The Morgan fingerprint density at radius 2 is 1.52 bits per heavy atom. The Balaban J connectivity index is -0.00000235. The number of rotatable bonds is 17. The number of hydroxylamine groups is 2. The van der Waals surface area contributed by atoms with E-state index in [1.165, 1.54) is 40.3 Å². The number of imide groups is 1. The third-order valence-corrected chi connectivity index (χ3v) is 6.03. The van der Waals surface area contributed by atoms with Crippen molar-refractivity contribution in [2.75, 3.05) is 69.0 Å². The molecule has 1 aliphatic heterocycles. The van der Waals surface area contributed by atoms with Crippen molar-refractivity contribution in [2.24, 2.45) is 22.9 Å². The van der Waals surface area contributed by atoms with E-state index < -0.39 is 36.3 Å². The van der Waals surface area contributed by atoms with Crippen molar-refractivity contribution in [3.63, 3.8) is 0 Å². The fourth-order valence-electron chi connectivity index (χ4n) is 3.83. The average molecular weight is 688 g/mol. The van der Waals surface area contributed by atoms with Gasteiger partial charge in [-0.1, -0.05) is 0 Å². The normalized spacial score (nSPS) is 12.2. The molecule has 11 N–H and O–H groups in total. The fourth-order valence-corrected chi connectivity index (χ4v) is 3.83. The Kier molecular flexibility index (Phi) is 29.2. The molecule has 1 unspecified atom stereocenters. The minimum atomic E-state index is -0.971. The number of amides is 4. The zero-order valence-corrected chi connectivity index (χ0v) is 29.6. The molecule has 1 heterocycles. The van der Waals surface area contributed by atoms with E-state index in [0.717, 1.165) is 17.4 Å². The molecule has 0 spiro atoms. The Morgan fingerprint density at radius 1 is 0.938 bits per heavy atom. The van der Waals surface area contributed by atoms with E-state index in [1.807, 2.05) is 0 Å². The molecule has 1 saturated heterocycles. The lowest BCUT2D eigenvalue weighted by Crippen LogP contribution is -2.48. The molecule has 0 saturated carbocycles. The van der Waals surface area contributed by atoms with Gasteiger partial charge in [-0.3, -0.25) is 24.0 Å². The number of hydrogen-bond acceptors (Lipinski definition) is 13. The Bertz CT molecular complexity index is 1080. The van der Waals surface area contributed by atoms with Crippen LogP contribution in [0.1, 0.15) is 61.7 Å². The summed E-state index contributed by atoms with van der Waals surface area (Å²) in [6, 6.07) is 3.48. The topological polar surface area (TPSA) is 272 Å². The lowest BCUT2D eigenvalue weighted by atomic mass is 10.1. The summed E-state index contributed by atoms with van der Waals surface area (Å²) in [5.41, 5.74) is 18.2. The summed E-state index contributed by atoms with van der Waals surface area (Å²) in [5, 5.41) is 15.3. The molecule has 0 aromatic heterocycles. The predicted octanol–water partition coefficient (Wildman–Crippen LogP) is -0.862. The predicted molar refractivity (Wildman–Crippen MR) is 182 cm³/mol. The van der Waals surface area contributed by atoms with Gasteiger partial charge in [-0.25, -0.2) is 4.79 Å². The van der Waals surface area contributed by atoms with Crippen LogP contribution in [0.5, 0.6) is 11.5 Å². The summed E-state index contributed by atoms with van der Waals surface area (Å²) in [6.45, 7) is 0.594. The second-order valence-corrected chi connectivity index (χ2v) is 10.5. The lowest BCUT2D eigenvalue weighted by Gasteiger charge is -2.24. The van der Waals surface area contributed by atoms with Gasteiger partial charge < -0.3 is 52.7 Å². The van der Waals surface area contributed by atoms with Crippen LogP contribution in [0.15, 0.2) is 18.2 Å². The number of unbranched alkanes of at least 4 members (excludes halogenated alkanes) is 2. The van der Waals surface area contributed by atoms with Crippen LogP contribution in [-0.2, 0) is 28.8 Å². The van der Waals surface area contributed by atoms with Gasteiger partial charge in [0, 0.05) is 25.3 Å². The highest BCUT2D eigenvalue weighted by molar-refractivity contribution is 6.01. The lowest BCUT2D eigenvalue weighted by molar-refractivity contribution is -0.870. The van der Waals surface area contributed by atoms with E-state index in [2.05, 4.69) is 54.7 Å². The van der Waals surface area contributed by atoms with Crippen molar-refractivity contribution in [1.29, 1.82) is 0 Å². The van der Waals surface area contributed by atoms with Crippen LogP contribution >= 0.6 is 0 Å². The molecule has 0 bridgehead atoms. The van der Waals surface area contributed by atoms with Gasteiger partial charge in [0.25, 0.3) is 11.8 Å². The number of nitrogens with two attached hydrogens (primary N) is 4. The van der Waals surface area contributed by atoms with Gasteiger partial charge in [0.2, 0.25) is 11.8 Å². The highest BCUT2D eigenvalue weighted by atomic mass is 16.7. The summed E-state index contributed by atoms with van der Waals surface area (Å²) >= 11 is 0. The van der Waals surface area contributed by atoms with Gasteiger partial charge in [0.1, 0.15) is 24.1 Å². The number of benzene rings is 1. The van der Waals surface area contributed by atoms with E-state index >= 15 is 0 Å². The molecule has 2 rings (SSSR count). The van der Waals surface area contributed by atoms with Crippen molar-refractivity contribution >= 4 is 35.9 Å². The summed E-state index contributed by atoms with van der Waals surface area (Å²) in [6.07, 6.45) is 3.47. The van der Waals surface area contributed by atoms with Gasteiger partial charge in [-0.15, -0.1) is 5.06 Å². The van der Waals surface area contributed by atoms with Crippen LogP contribution < -0.4 is 38.3 Å². The molecular formula is C31H59N8O9+. The van der Waals surface area contributed by atoms with Crippen molar-refractivity contribution in [2.45, 2.75) is 57.4 Å². The number of ether oxygens (including phenoxy) is 1. The molecule has 48 heavy (non-hydrogen) atoms. The standard InChI is InChI=1S/C27H38N4O9.4CH5N/c1-31(2,3)14-6-4-8-21(27(38)28-17-26(37)40-30-24(35)12-13-25(30)36)29-23(34)9-5-7-15-39-20-11-10-19(18-32)22(33)16-20;4*1-2/h10-11,16,18,21H,4-9,12-15,17H2,1-3H3,(H2-,28,29,32,33,34,38);4*2H2,1H3/p+1. The van der Waals surface area contributed by atoms with Crippen LogP contribution in [0.25, 0.3) is 0 Å². The largest absolute Gasteiger partial charge is 0.507 e. The summed E-state index contributed by atoms with van der Waals surface area (Å²) in [5.74, 6) is -2.90. The minimum Gasteiger partial charge on any atom is -0.507 e. The zero-order chi connectivity index (χ0) is 37.7. The average Bonchev–Trinajstić information content (AvgIpc) is 3.40. The van der Waals surface area contributed by atoms with Crippen molar-refractivity contribution in [3.05, 3.63) is 23.8 Å². The number of phenolic OH excluding ortho intramolecular Hbond substituents is 1. The number of aldehydes is 1. The molecule has 1 fully saturated rings. The van der Waals surface area contributed by atoms with Crippen molar-refractivity contribution < 1.29 is 47.9 Å². The van der Waals surface area contributed by atoms with Crippen molar-refractivity contribution in [1.82, 2.24) is 15.7 Å². The first kappa shape index (κ1) is 48.2. The number of aromatic hydroxyl groups is 1. The molecule has 1 aromatic carbocycles. The number of hydrogen-bond donors (Lipinski definition) is 7. The first-order chi connectivity index (χ1) is 22.9. The molecule has 4 amide bonds. The zero-order valence-electron chi connectivity index (χ0n) is 29.6. The molecule has 276 valence electrons. The maximum Gasteiger partial charge on any atom is 0.352 e. The Hall–Kier alpha value is -4.16. The molecular weight excluding hydrogens is 628 g/mol. The molecule has 1 aromatic rings. The minimum absolute atomic E-state index is 0.0376. The summed E-state index contributed by atoms with van der Waals surface area (Å²) < 4.78 is 6.29. The Labute approximate surface area is 284 Å². The van der Waals surface area contributed by atoms with Crippen LogP contribution in [0.2, 0.25) is 0 Å². The number of phenols is 1. The van der Waals surface area contributed by atoms with Gasteiger partial charge in [-0.2, -0.15) is 0 Å². The number of quaternary nitrogens is 1. The van der Waals surface area contributed by atoms with Gasteiger partial charge in [0.15, 0.2) is 6.29 Å². The summed E-state index contributed by atoms with van der Waals surface area (Å²) in [7, 11) is 12.2. The van der Waals surface area contributed by atoms with Crippen LogP contribution in [0.4, 0.5) is 0 Å². The van der Waals surface area contributed by atoms with E-state index in [-0.39, 0.29) is 43.1 Å². The van der Waals surface area contributed by atoms with Gasteiger partial charge in [0.05, 0.1) is 39.9 Å². The van der Waals surface area contributed by atoms with E-state index in [1.54, 1.807) is 6.07 Å². The molecule has 0 radical (unpaired) electrons. The third kappa shape index (κ3) is 21.6. The SMILES string of the molecule is CN.CN.CN.CN.C[N+](C)(C)CCCCC(NC(=O)CCCCOc1ccc(C=O)c(O)c1)C(=O)NCC(=O)ON1C(=O)CCC1=O. The molecule has 1 aliphatic rings. The number of carbonyl (C=O) groups excluding carboxylic acids is 6. The summed E-state index contributed by atoms with van der Waals surface area (Å²) in [4.78, 5) is 76.2. The quantitative estimate of drug-likeness (QED) is 0.0455. The maximum atomic E-state index is 12.8. The first-order valence-electron chi connectivity index (χ1n) is 15.6. The monoisotopic (exact) mass is 687 g/mol. The number of nitrogens with zero attached hydrogens (tertiary/aromatic N) is 2. The van der Waals surface area contributed by atoms with E-state index in [4.69, 9.17) is 9.57 Å². The smallest absolute Gasteiger partial charge is 0.352 e. The van der Waals surface area contributed by atoms with Crippen LogP contribution in [0, 0.1) is 0 Å². The number of carbonyl (C=O) groups is 6. The van der Waals surface area contributed by atoms with Crippen LogP contribution in [0.3, 0.4) is 0 Å². The van der Waals surface area contributed by atoms with E-state index in [9.17, 15) is 33.9 Å². The maximum absolute atomic E-state index is 12.8. The highest BCUT2D eigenvalue weighted by Crippen LogP contribution is 2.22. The molecule has 1 atom stereocenters. The van der Waals surface area contributed by atoms with Crippen molar-refractivity contribution in [3.8, 4) is 11.5 Å². The second kappa shape index (κ2) is 29.0. The molecule has 17 nitrogen and oxygen atoms in total. The molecule has 0 aliphatic carbocycles. The Morgan fingerprint density at radius 3 is 2.04 bits per heavy atom. The van der Waals surface area contributed by atoms with Crippen LogP contribution in [-0.4, -0.2) is 126 Å². The van der Waals surface area contributed by atoms with E-state index in [0.29, 0.717) is 42.8 Å². The van der Waals surface area contributed by atoms with Gasteiger partial charge >= 0.3 is 5.97 Å². The number of nitrogens with one attached hydrogen (secondary N) is 2. The van der Waals surface area contributed by atoms with Gasteiger partial charge in [-0.05, 0) is 72.4 Å². The third-order valence-electron chi connectivity index (χ3n) is 6.03.